The van der Waals surface area contributed by atoms with Crippen LogP contribution in [0.2, 0.25) is 0 Å². The summed E-state index contributed by atoms with van der Waals surface area (Å²) in [4.78, 5) is 20.4. The van der Waals surface area contributed by atoms with Crippen LogP contribution in [0.15, 0.2) is 34.2 Å². The Morgan fingerprint density at radius 3 is 2.58 bits per heavy atom. The Bertz CT molecular complexity index is 625. The highest BCUT2D eigenvalue weighted by Crippen LogP contribution is 2.26. The van der Waals surface area contributed by atoms with E-state index < -0.39 is 0 Å². The molecule has 0 atom stereocenters. The smallest absolute Gasteiger partial charge is 0.284 e. The van der Waals surface area contributed by atoms with Gasteiger partial charge in [-0.05, 0) is 26.0 Å². The number of aryl methyl sites for hydroxylation is 1. The number of allylic oxidation sites excluding steroid dienone is 4. The van der Waals surface area contributed by atoms with Crippen LogP contribution in [0.4, 0.5) is 0 Å². The lowest BCUT2D eigenvalue weighted by molar-refractivity contribution is -0.113. The molecular weight excluding hydrogens is 280 g/mol. The van der Waals surface area contributed by atoms with Gasteiger partial charge in [-0.3, -0.25) is 4.79 Å². The van der Waals surface area contributed by atoms with Crippen LogP contribution < -0.4 is 0 Å². The molecule has 4 nitrogen and oxygen atoms in total. The molecular formula is C13H12N2O2S2. The van der Waals surface area contributed by atoms with Crippen LogP contribution in [-0.4, -0.2) is 21.0 Å². The minimum Gasteiger partial charge on any atom is -0.492 e. The van der Waals surface area contributed by atoms with E-state index in [2.05, 4.69) is 9.98 Å². The van der Waals surface area contributed by atoms with Gasteiger partial charge in [0.2, 0.25) is 5.88 Å². The predicted molar refractivity (Wildman–Crippen MR) is 80.5 cm³/mol. The maximum absolute atomic E-state index is 11.3. The fourth-order valence-corrected chi connectivity index (χ4v) is 2.88. The number of nitrogens with zero attached hydrogens (tertiary/aromatic N) is 2. The van der Waals surface area contributed by atoms with Crippen molar-refractivity contribution in [2.75, 3.05) is 0 Å². The molecule has 6 heteroatoms. The van der Waals surface area contributed by atoms with Crippen molar-refractivity contribution in [3.05, 3.63) is 39.1 Å². The zero-order valence-corrected chi connectivity index (χ0v) is 12.1. The number of thioether (sulfide) groups is 1. The zero-order valence-electron chi connectivity index (χ0n) is 10.5. The molecule has 1 aromatic rings. The second-order valence-electron chi connectivity index (χ2n) is 3.73. The van der Waals surface area contributed by atoms with Crippen LogP contribution in [0.5, 0.6) is 5.88 Å². The number of carbonyl (C=O) groups is 1. The van der Waals surface area contributed by atoms with Crippen LogP contribution in [0.1, 0.15) is 16.8 Å². The molecule has 0 aromatic carbocycles. The second kappa shape index (κ2) is 5.99. The van der Waals surface area contributed by atoms with Gasteiger partial charge in [0.1, 0.15) is 0 Å². The lowest BCUT2D eigenvalue weighted by Gasteiger charge is -1.87. The highest BCUT2D eigenvalue weighted by Gasteiger charge is 2.17. The van der Waals surface area contributed by atoms with E-state index in [1.54, 1.807) is 30.4 Å². The Kier molecular flexibility index (Phi) is 4.34. The lowest BCUT2D eigenvalue weighted by atomic mass is 10.3. The average Bonchev–Trinajstić information content (AvgIpc) is 2.81. The molecule has 0 saturated heterocycles. The number of carbonyl (C=O) groups excluding carboxylic acids is 1. The molecule has 0 aliphatic carbocycles. The fraction of sp³-hybridized carbons (Fsp3) is 0.154. The highest BCUT2D eigenvalue weighted by atomic mass is 32.2. The maximum atomic E-state index is 11.3. The van der Waals surface area contributed by atoms with Gasteiger partial charge in [-0.25, -0.2) is 9.98 Å². The monoisotopic (exact) mass is 292 g/mol. The summed E-state index contributed by atoms with van der Waals surface area (Å²) in [5.74, 6) is -0.136. The average molecular weight is 292 g/mol. The molecule has 1 N–H and O–H groups in total. The molecule has 0 fully saturated rings. The van der Waals surface area contributed by atoms with Crippen LogP contribution in [0.3, 0.4) is 0 Å². The van der Waals surface area contributed by atoms with E-state index in [1.807, 2.05) is 13.8 Å². The third kappa shape index (κ3) is 3.65. The number of thiazole rings is 1. The van der Waals surface area contributed by atoms with Crippen LogP contribution >= 0.6 is 23.1 Å². The molecule has 2 heterocycles. The SMILES string of the molecule is CC1=NC(=O)/C(=C/C=C/C=C/c2sc(C)nc2O)S1. The molecule has 98 valence electrons. The summed E-state index contributed by atoms with van der Waals surface area (Å²) < 4.78 is 0. The molecule has 1 aromatic heterocycles. The largest absolute Gasteiger partial charge is 0.492 e. The van der Waals surface area contributed by atoms with E-state index in [0.29, 0.717) is 4.91 Å². The lowest BCUT2D eigenvalue weighted by Crippen LogP contribution is -1.86. The van der Waals surface area contributed by atoms with Gasteiger partial charge in [-0.1, -0.05) is 30.0 Å². The van der Waals surface area contributed by atoms with Crippen molar-refractivity contribution >= 4 is 40.1 Å². The molecule has 0 radical (unpaired) electrons. The normalized spacial score (nSPS) is 18.1. The van der Waals surface area contributed by atoms with Crippen molar-refractivity contribution in [2.24, 2.45) is 4.99 Å². The summed E-state index contributed by atoms with van der Waals surface area (Å²) in [6.07, 6.45) is 8.87. The molecule has 0 spiro atoms. The first-order valence-electron chi connectivity index (χ1n) is 5.55. The van der Waals surface area contributed by atoms with Gasteiger partial charge in [0, 0.05) is 0 Å². The number of aliphatic imine (C=N–C) groups is 1. The Labute approximate surface area is 119 Å². The third-order valence-electron chi connectivity index (χ3n) is 2.19. The Morgan fingerprint density at radius 2 is 2.00 bits per heavy atom. The van der Waals surface area contributed by atoms with Gasteiger partial charge in [0.25, 0.3) is 5.91 Å². The Morgan fingerprint density at radius 1 is 1.21 bits per heavy atom. The third-order valence-corrected chi connectivity index (χ3v) is 4.03. The molecule has 0 unspecified atom stereocenters. The quantitative estimate of drug-likeness (QED) is 0.686. The van der Waals surface area contributed by atoms with Gasteiger partial charge in [0.05, 0.1) is 19.8 Å². The van der Waals surface area contributed by atoms with Crippen molar-refractivity contribution in [2.45, 2.75) is 13.8 Å². The summed E-state index contributed by atoms with van der Waals surface area (Å²) >= 11 is 2.80. The second-order valence-corrected chi connectivity index (χ2v) is 6.20. The number of amides is 1. The van der Waals surface area contributed by atoms with Crippen molar-refractivity contribution in [1.29, 1.82) is 0 Å². The van der Waals surface area contributed by atoms with Crippen LogP contribution in [0, 0.1) is 6.92 Å². The van der Waals surface area contributed by atoms with Crippen LogP contribution in [0.25, 0.3) is 6.08 Å². The van der Waals surface area contributed by atoms with Gasteiger partial charge < -0.3 is 5.11 Å². The number of hydrogen-bond acceptors (Lipinski definition) is 5. The Hall–Kier alpha value is -1.66. The summed E-state index contributed by atoms with van der Waals surface area (Å²) in [6, 6.07) is 0. The topological polar surface area (TPSA) is 62.5 Å². The summed E-state index contributed by atoms with van der Waals surface area (Å²) in [5.41, 5.74) is 0. The summed E-state index contributed by atoms with van der Waals surface area (Å²) in [5, 5.41) is 11.1. The van der Waals surface area contributed by atoms with E-state index in [1.165, 1.54) is 23.1 Å². The van der Waals surface area contributed by atoms with Gasteiger partial charge in [0.15, 0.2) is 0 Å². The summed E-state index contributed by atoms with van der Waals surface area (Å²) in [7, 11) is 0. The van der Waals surface area contributed by atoms with Gasteiger partial charge in [-0.2, -0.15) is 0 Å². The molecule has 2 rings (SSSR count). The number of hydrogen-bond donors (Lipinski definition) is 1. The number of rotatable bonds is 3. The predicted octanol–water partition coefficient (Wildman–Crippen LogP) is 3.30. The first kappa shape index (κ1) is 13.8. The minimum atomic E-state index is -0.188. The fourth-order valence-electron chi connectivity index (χ4n) is 1.42. The number of aromatic nitrogens is 1. The first-order valence-corrected chi connectivity index (χ1v) is 7.18. The van der Waals surface area contributed by atoms with Crippen molar-refractivity contribution in [1.82, 2.24) is 4.98 Å². The zero-order chi connectivity index (χ0) is 13.8. The van der Waals surface area contributed by atoms with Gasteiger partial charge >= 0.3 is 0 Å². The highest BCUT2D eigenvalue weighted by molar-refractivity contribution is 8.18. The van der Waals surface area contributed by atoms with E-state index >= 15 is 0 Å². The molecule has 0 saturated carbocycles. The summed E-state index contributed by atoms with van der Waals surface area (Å²) in [6.45, 7) is 3.65. The van der Waals surface area contributed by atoms with E-state index in [9.17, 15) is 9.90 Å². The van der Waals surface area contributed by atoms with E-state index in [-0.39, 0.29) is 11.8 Å². The van der Waals surface area contributed by atoms with E-state index in [0.717, 1.165) is 14.9 Å². The standard InChI is InChI=1S/C13H12N2O2S2/c1-8-14-12(16)10(18-8)6-4-3-5-7-11-13(17)15-9(2)19-11/h3-7,16H,1-2H3/b5-3+,6-4+,11-7-. The van der Waals surface area contributed by atoms with Crippen molar-refractivity contribution < 1.29 is 9.90 Å². The molecule has 1 aliphatic rings. The van der Waals surface area contributed by atoms with E-state index in [4.69, 9.17) is 0 Å². The van der Waals surface area contributed by atoms with Crippen LogP contribution in [-0.2, 0) is 4.79 Å². The van der Waals surface area contributed by atoms with Crippen molar-refractivity contribution in [3.8, 4) is 5.88 Å². The van der Waals surface area contributed by atoms with Crippen molar-refractivity contribution in [3.63, 3.8) is 0 Å². The molecule has 1 aliphatic heterocycles. The number of aromatic hydroxyl groups is 1. The first-order chi connectivity index (χ1) is 9.06. The van der Waals surface area contributed by atoms with Gasteiger partial charge in [-0.15, -0.1) is 11.3 Å². The maximum Gasteiger partial charge on any atom is 0.284 e. The molecule has 19 heavy (non-hydrogen) atoms. The molecule has 0 bridgehead atoms. The minimum absolute atomic E-state index is 0.0519. The molecule has 1 amide bonds. The Balaban J connectivity index is 1.96.